The Kier molecular flexibility index (Phi) is 3.34. The Morgan fingerprint density at radius 3 is 3.08 bits per heavy atom. The third-order valence-electron chi connectivity index (χ3n) is 4.49. The van der Waals surface area contributed by atoms with E-state index in [1.165, 1.54) is 17.7 Å². The van der Waals surface area contributed by atoms with Gasteiger partial charge in [0.05, 0.1) is 11.4 Å². The highest BCUT2D eigenvalue weighted by molar-refractivity contribution is 6.03. The fraction of sp³-hybridized carbons (Fsp3) is 0.167. The lowest BCUT2D eigenvalue weighted by molar-refractivity contribution is 0.630. The molecule has 0 fully saturated rings. The van der Waals surface area contributed by atoms with Gasteiger partial charge in [0.15, 0.2) is 5.65 Å². The molecular formula is C18H14FN7. The van der Waals surface area contributed by atoms with Gasteiger partial charge in [0.25, 0.3) is 5.95 Å². The molecule has 26 heavy (non-hydrogen) atoms. The van der Waals surface area contributed by atoms with Crippen molar-refractivity contribution in [3.63, 3.8) is 0 Å². The Morgan fingerprint density at radius 1 is 1.15 bits per heavy atom. The van der Waals surface area contributed by atoms with E-state index in [0.29, 0.717) is 16.6 Å². The number of hydrazone groups is 1. The molecule has 0 aliphatic heterocycles. The van der Waals surface area contributed by atoms with Crippen LogP contribution in [0.5, 0.6) is 0 Å². The minimum atomic E-state index is -0.322. The van der Waals surface area contributed by atoms with Crippen LogP contribution in [0.1, 0.15) is 24.1 Å². The summed E-state index contributed by atoms with van der Waals surface area (Å²) < 4.78 is 13.5. The summed E-state index contributed by atoms with van der Waals surface area (Å²) in [5.41, 5.74) is 7.70. The lowest BCUT2D eigenvalue weighted by atomic mass is 9.95. The molecule has 4 aromatic rings. The van der Waals surface area contributed by atoms with Gasteiger partial charge in [-0.15, -0.1) is 10.2 Å². The van der Waals surface area contributed by atoms with Crippen LogP contribution in [-0.4, -0.2) is 30.9 Å². The third-order valence-corrected chi connectivity index (χ3v) is 4.49. The number of nitrogens with zero attached hydrogens (tertiary/aromatic N) is 5. The zero-order chi connectivity index (χ0) is 17.5. The van der Waals surface area contributed by atoms with E-state index < -0.39 is 0 Å². The maximum Gasteiger partial charge on any atom is 0.265 e. The van der Waals surface area contributed by atoms with Gasteiger partial charge in [-0.05, 0) is 49.1 Å². The number of aromatic amines is 1. The number of pyridine rings is 1. The standard InChI is InChI=1S/C18H14FN7/c19-11-6-7-13-12(9-11)16-17(21-13)22-18(26-24-16)25-23-14-5-1-3-10-4-2-8-20-15(10)14/h2,4,6-9H,1,3,5H2,(H2,21,22,25,26)/b23-14+. The van der Waals surface area contributed by atoms with E-state index in [1.54, 1.807) is 12.3 Å². The normalized spacial score (nSPS) is 15.5. The molecule has 0 bridgehead atoms. The van der Waals surface area contributed by atoms with Crippen molar-refractivity contribution >= 4 is 33.7 Å². The van der Waals surface area contributed by atoms with Gasteiger partial charge < -0.3 is 4.98 Å². The van der Waals surface area contributed by atoms with Crippen molar-refractivity contribution < 1.29 is 4.39 Å². The second kappa shape index (κ2) is 5.83. The van der Waals surface area contributed by atoms with Crippen LogP contribution in [-0.2, 0) is 6.42 Å². The van der Waals surface area contributed by atoms with Crippen LogP contribution in [0, 0.1) is 5.82 Å². The summed E-state index contributed by atoms with van der Waals surface area (Å²) in [5.74, 6) is -0.0441. The number of hydrogen-bond acceptors (Lipinski definition) is 6. The number of H-pyrrole nitrogens is 1. The van der Waals surface area contributed by atoms with E-state index >= 15 is 0 Å². The lowest BCUT2D eigenvalue weighted by Crippen LogP contribution is -2.15. The predicted octanol–water partition coefficient (Wildman–Crippen LogP) is 3.19. The zero-order valence-corrected chi connectivity index (χ0v) is 13.7. The molecule has 1 aliphatic carbocycles. The van der Waals surface area contributed by atoms with Gasteiger partial charge in [0.1, 0.15) is 11.3 Å². The topological polar surface area (TPSA) is 91.7 Å². The van der Waals surface area contributed by atoms with Gasteiger partial charge in [-0.3, -0.25) is 4.98 Å². The number of fused-ring (bicyclic) bond motifs is 4. The minimum Gasteiger partial charge on any atom is -0.338 e. The highest BCUT2D eigenvalue weighted by atomic mass is 19.1. The molecule has 0 unspecified atom stereocenters. The summed E-state index contributed by atoms with van der Waals surface area (Å²) in [7, 11) is 0. The summed E-state index contributed by atoms with van der Waals surface area (Å²) in [4.78, 5) is 11.9. The Hall–Kier alpha value is -3.42. The lowest BCUT2D eigenvalue weighted by Gasteiger charge is -2.15. The molecule has 5 rings (SSSR count). The molecule has 3 heterocycles. The van der Waals surface area contributed by atoms with Crippen molar-refractivity contribution in [3.8, 4) is 0 Å². The Bertz CT molecular complexity index is 1160. The fourth-order valence-electron chi connectivity index (χ4n) is 3.28. The molecular weight excluding hydrogens is 333 g/mol. The van der Waals surface area contributed by atoms with Crippen molar-refractivity contribution in [2.45, 2.75) is 19.3 Å². The molecule has 8 heteroatoms. The van der Waals surface area contributed by atoms with Crippen LogP contribution in [0.2, 0.25) is 0 Å². The van der Waals surface area contributed by atoms with Crippen molar-refractivity contribution in [2.75, 3.05) is 5.43 Å². The number of aryl methyl sites for hydroxylation is 1. The molecule has 0 saturated heterocycles. The molecule has 0 saturated carbocycles. The highest BCUT2D eigenvalue weighted by Crippen LogP contribution is 2.23. The summed E-state index contributed by atoms with van der Waals surface area (Å²) >= 11 is 0. The summed E-state index contributed by atoms with van der Waals surface area (Å²) in [6.45, 7) is 0. The number of nitrogens with one attached hydrogen (secondary N) is 2. The molecule has 0 radical (unpaired) electrons. The first kappa shape index (κ1) is 14.9. The number of aromatic nitrogens is 5. The molecule has 1 aromatic carbocycles. The average molecular weight is 347 g/mol. The minimum absolute atomic E-state index is 0.278. The summed E-state index contributed by atoms with van der Waals surface area (Å²) in [5, 5.41) is 13.3. The molecule has 3 aromatic heterocycles. The quantitative estimate of drug-likeness (QED) is 0.543. The summed E-state index contributed by atoms with van der Waals surface area (Å²) in [6.07, 6.45) is 4.66. The number of halogens is 1. The predicted molar refractivity (Wildman–Crippen MR) is 96.5 cm³/mol. The molecule has 128 valence electrons. The first-order valence-corrected chi connectivity index (χ1v) is 8.36. The molecule has 1 aliphatic rings. The van der Waals surface area contributed by atoms with Gasteiger partial charge in [-0.2, -0.15) is 10.1 Å². The van der Waals surface area contributed by atoms with Crippen LogP contribution in [0.4, 0.5) is 10.3 Å². The fourth-order valence-corrected chi connectivity index (χ4v) is 3.28. The zero-order valence-electron chi connectivity index (χ0n) is 13.7. The maximum atomic E-state index is 13.5. The third kappa shape index (κ3) is 2.46. The Morgan fingerprint density at radius 2 is 2.12 bits per heavy atom. The van der Waals surface area contributed by atoms with Crippen molar-refractivity contribution in [3.05, 3.63) is 53.6 Å². The van der Waals surface area contributed by atoms with Gasteiger partial charge >= 0.3 is 0 Å². The van der Waals surface area contributed by atoms with Crippen molar-refractivity contribution in [1.82, 2.24) is 25.1 Å². The number of hydrogen-bond donors (Lipinski definition) is 2. The molecule has 2 N–H and O–H groups in total. The molecule has 7 nitrogen and oxygen atoms in total. The Labute approximate surface area is 147 Å². The van der Waals surface area contributed by atoms with E-state index in [2.05, 4.69) is 41.7 Å². The average Bonchev–Trinajstić information content (AvgIpc) is 3.03. The SMILES string of the molecule is Fc1ccc2[nH]c3nc(N/N=C4\CCCc5cccnc54)nnc3c2c1. The highest BCUT2D eigenvalue weighted by Gasteiger charge is 2.16. The first-order chi connectivity index (χ1) is 12.8. The second-order valence-corrected chi connectivity index (χ2v) is 6.18. The maximum absolute atomic E-state index is 13.5. The van der Waals surface area contributed by atoms with Crippen LogP contribution in [0.3, 0.4) is 0 Å². The molecule has 0 atom stereocenters. The van der Waals surface area contributed by atoms with Crippen LogP contribution >= 0.6 is 0 Å². The summed E-state index contributed by atoms with van der Waals surface area (Å²) in [6, 6.07) is 8.48. The van der Waals surface area contributed by atoms with Crippen molar-refractivity contribution in [1.29, 1.82) is 0 Å². The molecule has 0 spiro atoms. The second-order valence-electron chi connectivity index (χ2n) is 6.18. The van der Waals surface area contributed by atoms with Crippen LogP contribution in [0.15, 0.2) is 41.6 Å². The van der Waals surface area contributed by atoms with E-state index in [4.69, 9.17) is 0 Å². The molecule has 0 amide bonds. The van der Waals surface area contributed by atoms with Gasteiger partial charge in [-0.25, -0.2) is 9.82 Å². The largest absolute Gasteiger partial charge is 0.338 e. The number of anilines is 1. The first-order valence-electron chi connectivity index (χ1n) is 8.36. The van der Waals surface area contributed by atoms with E-state index in [-0.39, 0.29) is 11.8 Å². The number of rotatable bonds is 2. The van der Waals surface area contributed by atoms with Crippen LogP contribution in [0.25, 0.3) is 22.1 Å². The Balaban J connectivity index is 1.50. The van der Waals surface area contributed by atoms with E-state index in [1.807, 2.05) is 6.07 Å². The van der Waals surface area contributed by atoms with E-state index in [0.717, 1.165) is 36.2 Å². The monoisotopic (exact) mass is 347 g/mol. The van der Waals surface area contributed by atoms with Crippen molar-refractivity contribution in [2.24, 2.45) is 5.10 Å². The van der Waals surface area contributed by atoms with Gasteiger partial charge in [0.2, 0.25) is 0 Å². The number of benzene rings is 1. The van der Waals surface area contributed by atoms with E-state index in [9.17, 15) is 4.39 Å². The van der Waals surface area contributed by atoms with Gasteiger partial charge in [-0.1, -0.05) is 6.07 Å². The smallest absolute Gasteiger partial charge is 0.265 e. The van der Waals surface area contributed by atoms with Gasteiger partial charge in [0, 0.05) is 17.1 Å². The van der Waals surface area contributed by atoms with Crippen LogP contribution < -0.4 is 5.43 Å².